The van der Waals surface area contributed by atoms with Crippen LogP contribution in [0.2, 0.25) is 0 Å². The maximum atomic E-state index is 13.7. The molecule has 7 heteroatoms. The van der Waals surface area contributed by atoms with Crippen molar-refractivity contribution in [1.29, 1.82) is 0 Å². The van der Waals surface area contributed by atoms with Gasteiger partial charge >= 0.3 is 0 Å². The van der Waals surface area contributed by atoms with Gasteiger partial charge < -0.3 is 15.5 Å². The Balaban J connectivity index is 1.32. The highest BCUT2D eigenvalue weighted by Crippen LogP contribution is 2.42. The lowest BCUT2D eigenvalue weighted by molar-refractivity contribution is 0.0952. The van der Waals surface area contributed by atoms with Crippen LogP contribution in [0.15, 0.2) is 54.6 Å². The summed E-state index contributed by atoms with van der Waals surface area (Å²) >= 11 is 1.52. The van der Waals surface area contributed by atoms with Gasteiger partial charge in [0.1, 0.15) is 5.69 Å². The summed E-state index contributed by atoms with van der Waals surface area (Å²) < 4.78 is 0. The van der Waals surface area contributed by atoms with Crippen molar-refractivity contribution in [3.05, 3.63) is 76.4 Å². The number of nitrogens with zero attached hydrogens (tertiary/aromatic N) is 2. The van der Waals surface area contributed by atoms with Crippen LogP contribution in [0.5, 0.6) is 0 Å². The Kier molecular flexibility index (Phi) is 5.51. The lowest BCUT2D eigenvalue weighted by atomic mass is 10.0. The zero-order chi connectivity index (χ0) is 23.1. The number of hydrogen-bond donors (Lipinski definition) is 2. The van der Waals surface area contributed by atoms with Crippen molar-refractivity contribution >= 4 is 34.4 Å². The van der Waals surface area contributed by atoms with Crippen molar-refractivity contribution < 1.29 is 9.59 Å². The highest BCUT2D eigenvalue weighted by molar-refractivity contribution is 7.17. The number of carbonyl (C=O) groups is 2. The minimum atomic E-state index is -0.0920. The summed E-state index contributed by atoms with van der Waals surface area (Å²) in [6.45, 7) is 2.30. The van der Waals surface area contributed by atoms with Crippen molar-refractivity contribution in [1.82, 2.24) is 15.6 Å². The van der Waals surface area contributed by atoms with E-state index in [4.69, 9.17) is 4.98 Å². The van der Waals surface area contributed by atoms with Crippen LogP contribution in [0, 0.1) is 0 Å². The third kappa shape index (κ3) is 4.06. The van der Waals surface area contributed by atoms with Gasteiger partial charge in [-0.25, -0.2) is 4.98 Å². The van der Waals surface area contributed by atoms with Crippen molar-refractivity contribution in [3.63, 3.8) is 0 Å². The number of hydrogen-bond acceptors (Lipinski definition) is 5. The van der Waals surface area contributed by atoms with E-state index in [-0.39, 0.29) is 11.8 Å². The van der Waals surface area contributed by atoms with E-state index in [1.165, 1.54) is 16.9 Å². The third-order valence-corrected chi connectivity index (χ3v) is 7.81. The molecule has 172 valence electrons. The number of benzene rings is 1. The molecule has 0 spiro atoms. The second kappa shape index (κ2) is 8.81. The highest BCUT2D eigenvalue weighted by atomic mass is 32.1. The van der Waals surface area contributed by atoms with E-state index in [2.05, 4.69) is 16.7 Å². The molecule has 4 heterocycles. The Morgan fingerprint density at radius 3 is 2.79 bits per heavy atom. The van der Waals surface area contributed by atoms with Gasteiger partial charge in [0, 0.05) is 29.6 Å². The maximum Gasteiger partial charge on any atom is 0.276 e. The molecule has 1 aromatic carbocycles. The van der Waals surface area contributed by atoms with Crippen LogP contribution >= 0.6 is 11.3 Å². The van der Waals surface area contributed by atoms with E-state index in [0.717, 1.165) is 64.6 Å². The Bertz CT molecular complexity index is 1310. The number of pyridine rings is 1. The van der Waals surface area contributed by atoms with Gasteiger partial charge in [-0.3, -0.25) is 9.59 Å². The summed E-state index contributed by atoms with van der Waals surface area (Å²) in [5.74, 6) is -0.0788. The average molecular weight is 471 g/mol. The van der Waals surface area contributed by atoms with Crippen molar-refractivity contribution in [2.45, 2.75) is 31.7 Å². The van der Waals surface area contributed by atoms with E-state index in [9.17, 15) is 9.59 Å². The predicted octanol–water partition coefficient (Wildman–Crippen LogP) is 4.28. The molecule has 6 nitrogen and oxygen atoms in total. The first kappa shape index (κ1) is 21.3. The fraction of sp³-hybridized carbons (Fsp3) is 0.296. The number of rotatable bonds is 4. The Morgan fingerprint density at radius 2 is 1.97 bits per heavy atom. The standard InChI is InChI=1S/C27H26N4O2S/c32-26(29-19-8-9-19)24-16-18-12-15-31(23-7-2-1-4-20(23)25(18)34-24)27(33)22-6-3-5-21(30-22)17-10-13-28-14-11-17/h1-7,10,16,19,28H,8-9,11-15H2,(H,29,32). The zero-order valence-electron chi connectivity index (χ0n) is 18.8. The van der Waals surface area contributed by atoms with Crippen molar-refractivity contribution in [3.8, 4) is 10.4 Å². The van der Waals surface area contributed by atoms with Gasteiger partial charge in [0.2, 0.25) is 0 Å². The van der Waals surface area contributed by atoms with Gasteiger partial charge in [-0.15, -0.1) is 11.3 Å². The van der Waals surface area contributed by atoms with Crippen LogP contribution in [0.4, 0.5) is 5.69 Å². The number of thiophene rings is 1. The maximum absolute atomic E-state index is 13.7. The summed E-state index contributed by atoms with van der Waals surface area (Å²) in [5.41, 5.74) is 5.51. The van der Waals surface area contributed by atoms with E-state index in [1.54, 1.807) is 6.07 Å². The normalized spacial score (nSPS) is 17.3. The number of carbonyl (C=O) groups excluding carboxylic acids is 2. The van der Waals surface area contributed by atoms with Gasteiger partial charge in [-0.05, 0) is 67.6 Å². The molecule has 2 aliphatic heterocycles. The smallest absolute Gasteiger partial charge is 0.276 e. The summed E-state index contributed by atoms with van der Waals surface area (Å²) in [4.78, 5) is 34.8. The summed E-state index contributed by atoms with van der Waals surface area (Å²) in [6.07, 6.45) is 5.89. The van der Waals surface area contributed by atoms with Crippen LogP contribution in [0.25, 0.3) is 16.0 Å². The first-order valence-electron chi connectivity index (χ1n) is 11.9. The molecule has 1 aliphatic carbocycles. The third-order valence-electron chi connectivity index (χ3n) is 6.60. The molecule has 0 unspecified atom stereocenters. The molecule has 2 amide bonds. The molecule has 1 fully saturated rings. The van der Waals surface area contributed by atoms with E-state index >= 15 is 0 Å². The molecular weight excluding hydrogens is 444 g/mol. The van der Waals surface area contributed by atoms with Gasteiger partial charge in [-0.1, -0.05) is 30.3 Å². The minimum Gasteiger partial charge on any atom is -0.349 e. The molecule has 0 saturated heterocycles. The fourth-order valence-electron chi connectivity index (χ4n) is 4.63. The van der Waals surface area contributed by atoms with Gasteiger partial charge in [0.05, 0.1) is 16.3 Å². The summed E-state index contributed by atoms with van der Waals surface area (Å²) in [6, 6.07) is 16.0. The molecular formula is C27H26N4O2S. The van der Waals surface area contributed by atoms with Gasteiger partial charge in [-0.2, -0.15) is 0 Å². The number of nitrogens with one attached hydrogen (secondary N) is 2. The number of fused-ring (bicyclic) bond motifs is 3. The predicted molar refractivity (Wildman–Crippen MR) is 135 cm³/mol. The second-order valence-electron chi connectivity index (χ2n) is 9.03. The lowest BCUT2D eigenvalue weighted by Gasteiger charge is -2.23. The van der Waals surface area contributed by atoms with Gasteiger partial charge in [0.25, 0.3) is 11.8 Å². The molecule has 6 rings (SSSR count). The largest absolute Gasteiger partial charge is 0.349 e. The molecule has 3 aromatic rings. The summed E-state index contributed by atoms with van der Waals surface area (Å²) in [5, 5.41) is 6.41. The first-order chi connectivity index (χ1) is 16.7. The highest BCUT2D eigenvalue weighted by Gasteiger charge is 2.29. The molecule has 2 N–H and O–H groups in total. The topological polar surface area (TPSA) is 74.3 Å². The molecule has 0 bridgehead atoms. The minimum absolute atomic E-state index is 0.0132. The van der Waals surface area contributed by atoms with Crippen LogP contribution in [0.3, 0.4) is 0 Å². The number of para-hydroxylation sites is 1. The second-order valence-corrected chi connectivity index (χ2v) is 10.1. The Hall–Kier alpha value is -3.29. The molecule has 0 atom stereocenters. The van der Waals surface area contributed by atoms with E-state index in [1.807, 2.05) is 47.4 Å². The SMILES string of the molecule is O=C(NC1CC1)c1cc2c(s1)-c1ccccc1N(C(=O)c1cccc(C3=CCNCC3)n1)CC2. The van der Waals surface area contributed by atoms with Crippen LogP contribution in [-0.2, 0) is 6.42 Å². The van der Waals surface area contributed by atoms with Crippen LogP contribution < -0.4 is 15.5 Å². The molecule has 0 radical (unpaired) electrons. The number of aromatic nitrogens is 1. The number of amides is 2. The van der Waals surface area contributed by atoms with Crippen molar-refractivity contribution in [2.24, 2.45) is 0 Å². The van der Waals surface area contributed by atoms with E-state index in [0.29, 0.717) is 24.7 Å². The van der Waals surface area contributed by atoms with Crippen LogP contribution in [-0.4, -0.2) is 42.5 Å². The lowest BCUT2D eigenvalue weighted by Crippen LogP contribution is -2.33. The molecule has 34 heavy (non-hydrogen) atoms. The quantitative estimate of drug-likeness (QED) is 0.597. The fourth-order valence-corrected chi connectivity index (χ4v) is 5.78. The Labute approximate surface area is 202 Å². The zero-order valence-corrected chi connectivity index (χ0v) is 19.7. The first-order valence-corrected chi connectivity index (χ1v) is 12.7. The summed E-state index contributed by atoms with van der Waals surface area (Å²) in [7, 11) is 0. The molecule has 2 aromatic heterocycles. The van der Waals surface area contributed by atoms with Crippen LogP contribution in [0.1, 0.15) is 50.7 Å². The van der Waals surface area contributed by atoms with Crippen molar-refractivity contribution in [2.75, 3.05) is 24.5 Å². The number of anilines is 1. The van der Waals surface area contributed by atoms with Gasteiger partial charge in [0.15, 0.2) is 0 Å². The molecule has 3 aliphatic rings. The van der Waals surface area contributed by atoms with E-state index < -0.39 is 0 Å². The average Bonchev–Trinajstić information content (AvgIpc) is 3.63. The monoisotopic (exact) mass is 470 g/mol. The Morgan fingerprint density at radius 1 is 1.09 bits per heavy atom. The molecule has 1 saturated carbocycles.